The van der Waals surface area contributed by atoms with Gasteiger partial charge in [-0.05, 0) is 42.7 Å². The standard InChI is InChI=1S/C22H20FN5O5S/c1-28-18-14(4-7-26-20(18)33-12-22(5-6-22)34(25,31)32)9-16(21(28)30)19(29)27-11-13-2-3-15(10-24)17(23)8-13/h2-4,7-9H,5-6,11-12H2,1H3,(H,27,29)(H2,25,31,32). The van der Waals surface area contributed by atoms with E-state index in [0.29, 0.717) is 29.3 Å². The predicted octanol–water partition coefficient (Wildman–Crippen LogP) is 1.07. The van der Waals surface area contributed by atoms with Gasteiger partial charge in [0.15, 0.2) is 0 Å². The quantitative estimate of drug-likeness (QED) is 0.507. The predicted molar refractivity (Wildman–Crippen MR) is 120 cm³/mol. The third kappa shape index (κ3) is 4.23. The molecule has 12 heteroatoms. The minimum absolute atomic E-state index is 0.0482. The molecule has 0 atom stereocenters. The Hall–Kier alpha value is -3.82. The van der Waals surface area contributed by atoms with E-state index < -0.39 is 32.1 Å². The first-order valence-electron chi connectivity index (χ1n) is 10.2. The topological polar surface area (TPSA) is 157 Å². The van der Waals surface area contributed by atoms with Crippen molar-refractivity contribution < 1.29 is 22.3 Å². The number of hydrogen-bond acceptors (Lipinski definition) is 7. The Balaban J connectivity index is 1.58. The van der Waals surface area contributed by atoms with Crippen LogP contribution in [-0.4, -0.2) is 35.2 Å². The van der Waals surface area contributed by atoms with Crippen molar-refractivity contribution in [1.82, 2.24) is 14.9 Å². The largest absolute Gasteiger partial charge is 0.474 e. The number of nitrogens with one attached hydrogen (secondary N) is 1. The molecule has 4 rings (SSSR count). The highest BCUT2D eigenvalue weighted by Crippen LogP contribution is 2.42. The van der Waals surface area contributed by atoms with Crippen molar-refractivity contribution in [2.24, 2.45) is 12.2 Å². The molecule has 0 aliphatic heterocycles. The second-order valence-corrected chi connectivity index (χ2v) is 10.1. The summed E-state index contributed by atoms with van der Waals surface area (Å²) >= 11 is 0. The number of carbonyl (C=O) groups excluding carboxylic acids is 1. The average Bonchev–Trinajstić information content (AvgIpc) is 3.60. The number of aryl methyl sites for hydroxylation is 1. The van der Waals surface area contributed by atoms with Crippen LogP contribution in [0.15, 0.2) is 41.3 Å². The molecular formula is C22H20FN5O5S. The van der Waals surface area contributed by atoms with Crippen molar-refractivity contribution in [1.29, 1.82) is 5.26 Å². The number of pyridine rings is 2. The number of nitrogens with zero attached hydrogens (tertiary/aromatic N) is 3. The molecule has 1 aliphatic carbocycles. The van der Waals surface area contributed by atoms with Crippen molar-refractivity contribution in [3.63, 3.8) is 0 Å². The molecule has 0 saturated heterocycles. The maximum atomic E-state index is 13.8. The van der Waals surface area contributed by atoms with E-state index >= 15 is 0 Å². The zero-order valence-electron chi connectivity index (χ0n) is 18.0. The van der Waals surface area contributed by atoms with E-state index in [9.17, 15) is 22.4 Å². The molecule has 3 N–H and O–H groups in total. The fraction of sp³-hybridized carbons (Fsp3) is 0.273. The van der Waals surface area contributed by atoms with Crippen LogP contribution >= 0.6 is 0 Å². The van der Waals surface area contributed by atoms with Crippen LogP contribution in [0, 0.1) is 17.1 Å². The minimum atomic E-state index is -3.80. The number of nitriles is 1. The van der Waals surface area contributed by atoms with Gasteiger partial charge in [-0.3, -0.25) is 9.59 Å². The molecule has 3 aromatic rings. The second kappa shape index (κ2) is 8.51. The van der Waals surface area contributed by atoms with E-state index in [4.69, 9.17) is 15.1 Å². The molecule has 2 aromatic heterocycles. The highest BCUT2D eigenvalue weighted by atomic mass is 32.2. The number of ether oxygens (including phenoxy) is 1. The van der Waals surface area contributed by atoms with Crippen LogP contribution in [0.4, 0.5) is 4.39 Å². The Labute approximate surface area is 193 Å². The molecule has 0 unspecified atom stereocenters. The number of amides is 1. The number of rotatable bonds is 7. The van der Waals surface area contributed by atoms with E-state index in [1.54, 1.807) is 12.1 Å². The maximum Gasteiger partial charge on any atom is 0.263 e. The van der Waals surface area contributed by atoms with Crippen LogP contribution in [0.3, 0.4) is 0 Å². The zero-order chi connectivity index (χ0) is 24.7. The van der Waals surface area contributed by atoms with Crippen LogP contribution in [-0.2, 0) is 23.6 Å². The Morgan fingerprint density at radius 1 is 1.35 bits per heavy atom. The summed E-state index contributed by atoms with van der Waals surface area (Å²) in [5.41, 5.74) is -0.165. The number of nitrogens with two attached hydrogens (primary N) is 1. The summed E-state index contributed by atoms with van der Waals surface area (Å²) in [6, 6.07) is 8.64. The van der Waals surface area contributed by atoms with Gasteiger partial charge in [-0.15, -0.1) is 0 Å². The molecule has 176 valence electrons. The Bertz CT molecular complexity index is 1520. The van der Waals surface area contributed by atoms with Gasteiger partial charge < -0.3 is 14.6 Å². The van der Waals surface area contributed by atoms with Gasteiger partial charge in [-0.25, -0.2) is 22.9 Å². The number of primary sulfonamides is 1. The van der Waals surface area contributed by atoms with Gasteiger partial charge in [-0.2, -0.15) is 5.26 Å². The van der Waals surface area contributed by atoms with Gasteiger partial charge in [0.1, 0.15) is 34.3 Å². The summed E-state index contributed by atoms with van der Waals surface area (Å²) in [5.74, 6) is -1.32. The molecule has 1 aromatic carbocycles. The molecule has 0 spiro atoms. The molecule has 0 bridgehead atoms. The Morgan fingerprint density at radius 3 is 2.71 bits per heavy atom. The second-order valence-electron chi connectivity index (χ2n) is 8.10. The van der Waals surface area contributed by atoms with Crippen molar-refractivity contribution in [3.05, 3.63) is 69.4 Å². The third-order valence-electron chi connectivity index (χ3n) is 5.83. The van der Waals surface area contributed by atoms with E-state index in [2.05, 4.69) is 10.3 Å². The first kappa shape index (κ1) is 23.3. The van der Waals surface area contributed by atoms with E-state index in [0.717, 1.165) is 6.07 Å². The Morgan fingerprint density at radius 2 is 2.09 bits per heavy atom. The van der Waals surface area contributed by atoms with E-state index in [1.807, 2.05) is 0 Å². The van der Waals surface area contributed by atoms with E-state index in [-0.39, 0.29) is 30.2 Å². The van der Waals surface area contributed by atoms with Gasteiger partial charge in [0, 0.05) is 25.2 Å². The lowest BCUT2D eigenvalue weighted by Gasteiger charge is -2.16. The van der Waals surface area contributed by atoms with Crippen molar-refractivity contribution in [2.75, 3.05) is 6.61 Å². The first-order valence-corrected chi connectivity index (χ1v) is 11.7. The number of benzene rings is 1. The summed E-state index contributed by atoms with van der Waals surface area (Å²) in [6.07, 6.45) is 2.17. The SMILES string of the molecule is Cn1c(=O)c(C(=O)NCc2ccc(C#N)c(F)c2)cc2ccnc(OCC3(S(N)(=O)=O)CC3)c21. The van der Waals surface area contributed by atoms with Crippen molar-refractivity contribution in [3.8, 4) is 11.9 Å². The van der Waals surface area contributed by atoms with Crippen LogP contribution in [0.2, 0.25) is 0 Å². The van der Waals surface area contributed by atoms with Crippen LogP contribution in [0.5, 0.6) is 5.88 Å². The van der Waals surface area contributed by atoms with Crippen molar-refractivity contribution >= 4 is 26.8 Å². The fourth-order valence-corrected chi connectivity index (χ4v) is 4.45. The molecule has 1 fully saturated rings. The molecule has 34 heavy (non-hydrogen) atoms. The number of fused-ring (bicyclic) bond motifs is 1. The molecule has 1 aliphatic rings. The highest BCUT2D eigenvalue weighted by Gasteiger charge is 2.54. The lowest BCUT2D eigenvalue weighted by molar-refractivity contribution is 0.0949. The molecular weight excluding hydrogens is 465 g/mol. The highest BCUT2D eigenvalue weighted by molar-refractivity contribution is 7.90. The smallest absolute Gasteiger partial charge is 0.263 e. The average molecular weight is 485 g/mol. The summed E-state index contributed by atoms with van der Waals surface area (Å²) in [5, 5.41) is 17.1. The number of hydrogen-bond donors (Lipinski definition) is 2. The number of halogens is 1. The van der Waals surface area contributed by atoms with Crippen LogP contribution < -0.4 is 20.8 Å². The Kier molecular flexibility index (Phi) is 5.84. The number of carbonyl (C=O) groups is 1. The van der Waals surface area contributed by atoms with E-state index in [1.165, 1.54) is 36.0 Å². The molecule has 1 amide bonds. The van der Waals surface area contributed by atoms with Crippen molar-refractivity contribution in [2.45, 2.75) is 24.1 Å². The van der Waals surface area contributed by atoms with Gasteiger partial charge in [-0.1, -0.05) is 6.07 Å². The first-order chi connectivity index (χ1) is 16.1. The third-order valence-corrected chi connectivity index (χ3v) is 7.56. The molecule has 2 heterocycles. The van der Waals surface area contributed by atoms with Gasteiger partial charge in [0.2, 0.25) is 15.9 Å². The van der Waals surface area contributed by atoms with Crippen LogP contribution in [0.1, 0.15) is 34.3 Å². The maximum absolute atomic E-state index is 13.8. The molecule has 0 radical (unpaired) electrons. The summed E-state index contributed by atoms with van der Waals surface area (Å²) in [6.45, 7) is -0.251. The molecule has 1 saturated carbocycles. The monoisotopic (exact) mass is 485 g/mol. The van der Waals surface area contributed by atoms with Gasteiger partial charge in [0.05, 0.1) is 5.56 Å². The minimum Gasteiger partial charge on any atom is -0.474 e. The fourth-order valence-electron chi connectivity index (χ4n) is 3.56. The van der Waals surface area contributed by atoms with Gasteiger partial charge in [0.25, 0.3) is 11.5 Å². The van der Waals surface area contributed by atoms with Crippen LogP contribution in [0.25, 0.3) is 10.9 Å². The number of aromatic nitrogens is 2. The lowest BCUT2D eigenvalue weighted by atomic mass is 10.1. The van der Waals surface area contributed by atoms with Gasteiger partial charge >= 0.3 is 0 Å². The molecule has 10 nitrogen and oxygen atoms in total. The lowest BCUT2D eigenvalue weighted by Crippen LogP contribution is -2.36. The summed E-state index contributed by atoms with van der Waals surface area (Å²) < 4.78 is 43.1. The number of sulfonamides is 1. The zero-order valence-corrected chi connectivity index (χ0v) is 18.9. The summed E-state index contributed by atoms with van der Waals surface area (Å²) in [7, 11) is -2.36. The summed E-state index contributed by atoms with van der Waals surface area (Å²) in [4.78, 5) is 29.7. The normalized spacial score (nSPS) is 14.4.